The fraction of sp³-hybridized carbons (Fsp3) is 0.292. The summed E-state index contributed by atoms with van der Waals surface area (Å²) in [7, 11) is 0. The molecule has 1 amide bonds. The van der Waals surface area contributed by atoms with Crippen molar-refractivity contribution in [2.45, 2.75) is 25.3 Å². The maximum atomic E-state index is 14.2. The fourth-order valence-electron chi connectivity index (χ4n) is 4.79. The van der Waals surface area contributed by atoms with Crippen molar-refractivity contribution in [2.24, 2.45) is 11.8 Å². The van der Waals surface area contributed by atoms with Crippen molar-refractivity contribution in [3.8, 4) is 6.07 Å². The number of nitriles is 1. The molecule has 1 aliphatic heterocycles. The van der Waals surface area contributed by atoms with E-state index in [9.17, 15) is 19.2 Å². The smallest absolute Gasteiger partial charge is 0.237 e. The minimum absolute atomic E-state index is 0.0266. The molecule has 0 saturated carbocycles. The third kappa shape index (κ3) is 2.96. The topological polar surface area (TPSA) is 61.2 Å². The summed E-state index contributed by atoms with van der Waals surface area (Å²) in [6.07, 6.45) is 2.17. The lowest BCUT2D eigenvalue weighted by atomic mass is 9.57. The van der Waals surface area contributed by atoms with E-state index in [2.05, 4.69) is 0 Å². The van der Waals surface area contributed by atoms with Gasteiger partial charge in [-0.3, -0.25) is 9.59 Å². The number of carbonyl (C=O) groups excluding carboxylic acids is 2. The van der Waals surface area contributed by atoms with Gasteiger partial charge in [-0.1, -0.05) is 55.5 Å². The van der Waals surface area contributed by atoms with Gasteiger partial charge in [-0.05, 0) is 30.0 Å². The molecule has 0 bridgehead atoms. The monoisotopic (exact) mass is 388 g/mol. The molecular formula is C24H21FN2O2. The van der Waals surface area contributed by atoms with Crippen molar-refractivity contribution >= 4 is 11.7 Å². The predicted molar refractivity (Wildman–Crippen MR) is 106 cm³/mol. The van der Waals surface area contributed by atoms with E-state index in [0.717, 1.165) is 5.56 Å². The summed E-state index contributed by atoms with van der Waals surface area (Å²) in [6, 6.07) is 17.7. The van der Waals surface area contributed by atoms with Gasteiger partial charge in [0.2, 0.25) is 5.91 Å². The number of carbonyl (C=O) groups is 2. The number of piperidine rings is 1. The van der Waals surface area contributed by atoms with Crippen LogP contribution in [0.4, 0.5) is 4.39 Å². The quantitative estimate of drug-likeness (QED) is 0.804. The Morgan fingerprint density at radius 3 is 2.52 bits per heavy atom. The summed E-state index contributed by atoms with van der Waals surface area (Å²) in [5.41, 5.74) is 0.148. The van der Waals surface area contributed by atoms with Gasteiger partial charge in [0.1, 0.15) is 11.9 Å². The van der Waals surface area contributed by atoms with Crippen LogP contribution < -0.4 is 0 Å². The van der Waals surface area contributed by atoms with E-state index in [0.29, 0.717) is 18.5 Å². The van der Waals surface area contributed by atoms with Crippen LogP contribution in [0.5, 0.6) is 0 Å². The average Bonchev–Trinajstić information content (AvgIpc) is 2.75. The molecule has 4 nitrogen and oxygen atoms in total. The largest absolute Gasteiger partial charge is 0.337 e. The van der Waals surface area contributed by atoms with Crippen molar-refractivity contribution in [3.63, 3.8) is 0 Å². The first-order valence-electron chi connectivity index (χ1n) is 9.74. The lowest BCUT2D eigenvalue weighted by molar-refractivity contribution is -0.145. The lowest BCUT2D eigenvalue weighted by Gasteiger charge is -2.50. The van der Waals surface area contributed by atoms with Gasteiger partial charge in [0, 0.05) is 24.6 Å². The second kappa shape index (κ2) is 7.29. The summed E-state index contributed by atoms with van der Waals surface area (Å²) in [5.74, 6) is -1.42. The number of hydrogen-bond acceptors (Lipinski definition) is 3. The van der Waals surface area contributed by atoms with Gasteiger partial charge in [-0.25, -0.2) is 4.39 Å². The SMILES string of the molecule is C[C@@H]1C(=O)C(C#N)=C[C@]2(c3ccccc3)C(=O)N(Cc3ccccc3F)CCC12. The number of rotatable bonds is 3. The number of amides is 1. The third-order valence-electron chi connectivity index (χ3n) is 6.28. The molecule has 0 aromatic heterocycles. The second-order valence-corrected chi connectivity index (χ2v) is 7.77. The molecule has 3 atom stereocenters. The van der Waals surface area contributed by atoms with Gasteiger partial charge in [0.15, 0.2) is 5.78 Å². The Morgan fingerprint density at radius 2 is 1.83 bits per heavy atom. The zero-order valence-corrected chi connectivity index (χ0v) is 16.1. The van der Waals surface area contributed by atoms with E-state index in [1.807, 2.05) is 36.4 Å². The molecule has 1 aliphatic carbocycles. The number of likely N-dealkylation sites (tertiary alicyclic amines) is 1. The number of ketones is 1. The number of benzene rings is 2. The normalized spacial score (nSPS) is 26.5. The van der Waals surface area contributed by atoms with Crippen LogP contribution in [0.2, 0.25) is 0 Å². The van der Waals surface area contributed by atoms with Gasteiger partial charge < -0.3 is 4.90 Å². The first kappa shape index (κ1) is 19.1. The zero-order valence-electron chi connectivity index (χ0n) is 16.1. The van der Waals surface area contributed by atoms with Crippen LogP contribution >= 0.6 is 0 Å². The molecule has 2 aromatic carbocycles. The number of allylic oxidation sites excluding steroid dienone is 1. The van der Waals surface area contributed by atoms with Crippen molar-refractivity contribution in [1.82, 2.24) is 4.90 Å². The van der Waals surface area contributed by atoms with Gasteiger partial charge in [0.05, 0.1) is 11.0 Å². The van der Waals surface area contributed by atoms with Crippen LogP contribution in [0, 0.1) is 29.0 Å². The maximum Gasteiger partial charge on any atom is 0.237 e. The molecule has 146 valence electrons. The molecule has 1 fully saturated rings. The number of hydrogen-bond donors (Lipinski definition) is 0. The molecule has 1 heterocycles. The van der Waals surface area contributed by atoms with Crippen LogP contribution in [0.25, 0.3) is 0 Å². The molecule has 2 aliphatic rings. The standard InChI is InChI=1S/C24H21FN2O2/c1-16-20-11-12-27(15-17-7-5-6-10-21(17)25)23(29)24(20,13-18(14-26)22(16)28)19-8-3-2-4-9-19/h2-10,13,16,20H,11-12,15H2,1H3/t16-,20?,24+/m0/s1. The van der Waals surface area contributed by atoms with E-state index >= 15 is 0 Å². The zero-order chi connectivity index (χ0) is 20.6. The van der Waals surface area contributed by atoms with Crippen LogP contribution in [-0.4, -0.2) is 23.1 Å². The molecule has 0 radical (unpaired) electrons. The van der Waals surface area contributed by atoms with Crippen LogP contribution in [0.3, 0.4) is 0 Å². The first-order chi connectivity index (χ1) is 14.0. The molecule has 0 spiro atoms. The molecular weight excluding hydrogens is 367 g/mol. The van der Waals surface area contributed by atoms with Crippen molar-refractivity contribution < 1.29 is 14.0 Å². The Morgan fingerprint density at radius 1 is 1.14 bits per heavy atom. The number of halogens is 1. The highest BCUT2D eigenvalue weighted by Crippen LogP contribution is 2.49. The van der Waals surface area contributed by atoms with Crippen molar-refractivity contribution in [1.29, 1.82) is 5.26 Å². The van der Waals surface area contributed by atoms with E-state index in [-0.39, 0.29) is 35.5 Å². The highest BCUT2D eigenvalue weighted by atomic mass is 19.1. The molecule has 0 N–H and O–H groups in total. The van der Waals surface area contributed by atoms with E-state index in [1.165, 1.54) is 6.07 Å². The number of Topliss-reactive ketones (excluding diaryl/α,β-unsaturated/α-hetero) is 1. The fourth-order valence-corrected chi connectivity index (χ4v) is 4.79. The van der Waals surface area contributed by atoms with E-state index < -0.39 is 11.3 Å². The number of nitrogens with zero attached hydrogens (tertiary/aromatic N) is 2. The van der Waals surface area contributed by atoms with Gasteiger partial charge in [0.25, 0.3) is 0 Å². The van der Waals surface area contributed by atoms with Gasteiger partial charge >= 0.3 is 0 Å². The van der Waals surface area contributed by atoms with Crippen LogP contribution in [0.1, 0.15) is 24.5 Å². The van der Waals surface area contributed by atoms with Crippen molar-refractivity contribution in [2.75, 3.05) is 6.54 Å². The lowest BCUT2D eigenvalue weighted by Crippen LogP contribution is -2.59. The summed E-state index contributed by atoms with van der Waals surface area (Å²) in [4.78, 5) is 28.1. The van der Waals surface area contributed by atoms with Crippen LogP contribution in [0.15, 0.2) is 66.2 Å². The summed E-state index contributed by atoms with van der Waals surface area (Å²) in [5, 5.41) is 9.54. The molecule has 4 rings (SSSR count). The Balaban J connectivity index is 1.84. The molecule has 29 heavy (non-hydrogen) atoms. The van der Waals surface area contributed by atoms with Crippen LogP contribution in [-0.2, 0) is 21.5 Å². The van der Waals surface area contributed by atoms with Gasteiger partial charge in [-0.15, -0.1) is 0 Å². The second-order valence-electron chi connectivity index (χ2n) is 7.77. The maximum absolute atomic E-state index is 14.2. The minimum Gasteiger partial charge on any atom is -0.337 e. The predicted octanol–water partition coefficient (Wildman–Crippen LogP) is 3.78. The molecule has 1 unspecified atom stereocenters. The van der Waals surface area contributed by atoms with Crippen molar-refractivity contribution in [3.05, 3.63) is 83.2 Å². The highest BCUT2D eigenvalue weighted by molar-refractivity contribution is 6.06. The Labute approximate surface area is 169 Å². The molecule has 1 saturated heterocycles. The summed E-state index contributed by atoms with van der Waals surface area (Å²) in [6.45, 7) is 2.40. The Hall–Kier alpha value is -3.26. The average molecular weight is 388 g/mol. The first-order valence-corrected chi connectivity index (χ1v) is 9.74. The summed E-state index contributed by atoms with van der Waals surface area (Å²) < 4.78 is 14.2. The van der Waals surface area contributed by atoms with Gasteiger partial charge in [-0.2, -0.15) is 5.26 Å². The van der Waals surface area contributed by atoms with E-state index in [1.54, 1.807) is 36.1 Å². The molecule has 2 aromatic rings. The Kier molecular flexibility index (Phi) is 4.79. The minimum atomic E-state index is -1.09. The highest BCUT2D eigenvalue weighted by Gasteiger charge is 2.56. The number of fused-ring (bicyclic) bond motifs is 1. The third-order valence-corrected chi connectivity index (χ3v) is 6.28. The summed E-state index contributed by atoms with van der Waals surface area (Å²) >= 11 is 0. The molecule has 5 heteroatoms. The van der Waals surface area contributed by atoms with E-state index in [4.69, 9.17) is 0 Å². The Bertz CT molecular complexity index is 1040.